The predicted molar refractivity (Wildman–Crippen MR) is 119 cm³/mol. The first kappa shape index (κ1) is 21.1. The van der Waals surface area contributed by atoms with E-state index in [-0.39, 0.29) is 12.1 Å². The van der Waals surface area contributed by atoms with E-state index in [1.54, 1.807) is 9.80 Å². The first-order valence-corrected chi connectivity index (χ1v) is 10.5. The predicted octanol–water partition coefficient (Wildman–Crippen LogP) is 0.337. The monoisotopic (exact) mass is 397 g/mol. The Bertz CT molecular complexity index is 780. The molecule has 1 heterocycles. The molecular weight excluding hydrogens is 362 g/mol. The van der Waals surface area contributed by atoms with E-state index in [1.807, 2.05) is 31.2 Å². The summed E-state index contributed by atoms with van der Waals surface area (Å²) in [5, 5.41) is 6.04. The third kappa shape index (κ3) is 5.95. The van der Waals surface area contributed by atoms with Crippen LogP contribution in [0.5, 0.6) is 0 Å². The lowest BCUT2D eigenvalue weighted by Crippen LogP contribution is -3.27. The van der Waals surface area contributed by atoms with Crippen LogP contribution in [0.2, 0.25) is 0 Å². The molecule has 4 N–H and O–H groups in total. The van der Waals surface area contributed by atoms with Gasteiger partial charge in [0.1, 0.15) is 32.2 Å². The summed E-state index contributed by atoms with van der Waals surface area (Å²) in [6.07, 6.45) is 0. The van der Waals surface area contributed by atoms with Gasteiger partial charge in [0.15, 0.2) is 0 Å². The van der Waals surface area contributed by atoms with Gasteiger partial charge in [0.05, 0.1) is 13.6 Å². The number of nitrogens with one attached hydrogen (secondary N) is 4. The number of carbonyl (C=O) groups excluding carboxylic acids is 1. The molecule has 2 aromatic carbocycles. The molecule has 6 nitrogen and oxygen atoms in total. The highest BCUT2D eigenvalue weighted by molar-refractivity contribution is 5.89. The third-order valence-corrected chi connectivity index (χ3v) is 5.83. The SMILES string of the molecule is Cc1ccc(NC(=O)NC[C@@H](c2ccc(N(C)C)cc2)[NH+]2CC[NH+](C)CC2)cc1. The number of hydrogen-bond acceptors (Lipinski definition) is 2. The van der Waals surface area contributed by atoms with Gasteiger partial charge in [0, 0.05) is 31.0 Å². The molecule has 0 aromatic heterocycles. The summed E-state index contributed by atoms with van der Waals surface area (Å²) in [4.78, 5) is 17.7. The molecule has 1 fully saturated rings. The van der Waals surface area contributed by atoms with E-state index in [4.69, 9.17) is 0 Å². The zero-order valence-corrected chi connectivity index (χ0v) is 18.1. The summed E-state index contributed by atoms with van der Waals surface area (Å²) >= 11 is 0. The van der Waals surface area contributed by atoms with E-state index in [2.05, 4.69) is 60.9 Å². The van der Waals surface area contributed by atoms with Crippen LogP contribution in [0.4, 0.5) is 16.2 Å². The van der Waals surface area contributed by atoms with Crippen LogP contribution in [0.15, 0.2) is 48.5 Å². The second-order valence-electron chi connectivity index (χ2n) is 8.35. The molecule has 2 aromatic rings. The molecule has 1 aliphatic heterocycles. The average Bonchev–Trinajstić information content (AvgIpc) is 2.71. The first-order valence-electron chi connectivity index (χ1n) is 10.5. The summed E-state index contributed by atoms with van der Waals surface area (Å²) in [5.74, 6) is 0. The topological polar surface area (TPSA) is 53.2 Å². The highest BCUT2D eigenvalue weighted by atomic mass is 16.2. The van der Waals surface area contributed by atoms with E-state index in [0.717, 1.165) is 31.9 Å². The molecule has 2 amide bonds. The van der Waals surface area contributed by atoms with Crippen molar-refractivity contribution in [3.63, 3.8) is 0 Å². The van der Waals surface area contributed by atoms with Crippen LogP contribution in [0.3, 0.4) is 0 Å². The molecule has 29 heavy (non-hydrogen) atoms. The lowest BCUT2D eigenvalue weighted by atomic mass is 10.0. The fraction of sp³-hybridized carbons (Fsp3) is 0.435. The fourth-order valence-electron chi connectivity index (χ4n) is 3.86. The molecule has 3 rings (SSSR count). The summed E-state index contributed by atoms with van der Waals surface area (Å²) < 4.78 is 0. The quantitative estimate of drug-likeness (QED) is 0.568. The minimum absolute atomic E-state index is 0.150. The molecule has 156 valence electrons. The maximum absolute atomic E-state index is 12.5. The fourth-order valence-corrected chi connectivity index (χ4v) is 3.86. The van der Waals surface area contributed by atoms with Crippen molar-refractivity contribution in [1.29, 1.82) is 0 Å². The number of likely N-dealkylation sites (N-methyl/N-ethyl adjacent to an activating group) is 1. The van der Waals surface area contributed by atoms with Crippen molar-refractivity contribution in [3.05, 3.63) is 59.7 Å². The number of hydrogen-bond donors (Lipinski definition) is 4. The number of piperazine rings is 1. The largest absolute Gasteiger partial charge is 0.378 e. The van der Waals surface area contributed by atoms with Crippen LogP contribution >= 0.6 is 0 Å². The normalized spacial score (nSPS) is 20.0. The van der Waals surface area contributed by atoms with Gasteiger partial charge in [0.25, 0.3) is 0 Å². The Morgan fingerprint density at radius 2 is 1.62 bits per heavy atom. The van der Waals surface area contributed by atoms with Gasteiger partial charge in [-0.1, -0.05) is 29.8 Å². The van der Waals surface area contributed by atoms with Crippen LogP contribution in [-0.4, -0.2) is 59.9 Å². The zero-order valence-electron chi connectivity index (χ0n) is 18.1. The van der Waals surface area contributed by atoms with E-state index >= 15 is 0 Å². The maximum atomic E-state index is 12.5. The number of amides is 2. The number of carbonyl (C=O) groups is 1. The number of nitrogens with zero attached hydrogens (tertiary/aromatic N) is 1. The smallest absolute Gasteiger partial charge is 0.319 e. The van der Waals surface area contributed by atoms with E-state index in [1.165, 1.54) is 16.8 Å². The molecule has 6 heteroatoms. The molecule has 0 unspecified atom stereocenters. The van der Waals surface area contributed by atoms with Gasteiger partial charge in [-0.05, 0) is 31.2 Å². The summed E-state index contributed by atoms with van der Waals surface area (Å²) in [7, 11) is 6.36. The van der Waals surface area contributed by atoms with Crippen molar-refractivity contribution < 1.29 is 14.6 Å². The van der Waals surface area contributed by atoms with Gasteiger partial charge in [-0.25, -0.2) is 4.79 Å². The van der Waals surface area contributed by atoms with E-state index in [0.29, 0.717) is 6.54 Å². The average molecular weight is 398 g/mol. The van der Waals surface area contributed by atoms with Crippen LogP contribution in [-0.2, 0) is 0 Å². The Kier molecular flexibility index (Phi) is 7.12. The van der Waals surface area contributed by atoms with Crippen LogP contribution in [0.25, 0.3) is 0 Å². The lowest BCUT2D eigenvalue weighted by molar-refractivity contribution is -1.02. The third-order valence-electron chi connectivity index (χ3n) is 5.83. The molecule has 0 radical (unpaired) electrons. The van der Waals surface area contributed by atoms with Gasteiger partial charge in [-0.15, -0.1) is 0 Å². The Labute approximate surface area is 174 Å². The second kappa shape index (κ2) is 9.76. The van der Waals surface area contributed by atoms with Gasteiger partial charge >= 0.3 is 6.03 Å². The second-order valence-corrected chi connectivity index (χ2v) is 8.35. The number of benzene rings is 2. The van der Waals surface area contributed by atoms with Crippen molar-refractivity contribution in [2.45, 2.75) is 13.0 Å². The summed E-state index contributed by atoms with van der Waals surface area (Å²) in [5.41, 5.74) is 4.46. The number of quaternary nitrogens is 2. The van der Waals surface area contributed by atoms with Crippen molar-refractivity contribution in [2.75, 3.05) is 64.1 Å². The Morgan fingerprint density at radius 3 is 2.21 bits per heavy atom. The number of rotatable bonds is 6. The molecule has 1 saturated heterocycles. The number of urea groups is 1. The highest BCUT2D eigenvalue weighted by Crippen LogP contribution is 2.16. The van der Waals surface area contributed by atoms with Crippen LogP contribution in [0, 0.1) is 6.92 Å². The van der Waals surface area contributed by atoms with Gasteiger partial charge in [-0.3, -0.25) is 0 Å². The molecule has 0 bridgehead atoms. The Balaban J connectivity index is 1.67. The molecular formula is C23H35N5O+2. The van der Waals surface area contributed by atoms with Crippen LogP contribution < -0.4 is 25.3 Å². The number of anilines is 2. The van der Waals surface area contributed by atoms with Crippen LogP contribution in [0.1, 0.15) is 17.2 Å². The number of aryl methyl sites for hydroxylation is 1. The zero-order chi connectivity index (χ0) is 20.8. The molecule has 0 spiro atoms. The first-order chi connectivity index (χ1) is 13.9. The molecule has 1 atom stereocenters. The Hall–Kier alpha value is -2.57. The molecule has 0 saturated carbocycles. The minimum atomic E-state index is -0.150. The summed E-state index contributed by atoms with van der Waals surface area (Å²) in [6.45, 7) is 7.22. The van der Waals surface area contributed by atoms with Gasteiger partial charge < -0.3 is 25.3 Å². The molecule has 1 aliphatic rings. The van der Waals surface area contributed by atoms with Crippen molar-refractivity contribution in [3.8, 4) is 0 Å². The maximum Gasteiger partial charge on any atom is 0.319 e. The minimum Gasteiger partial charge on any atom is -0.378 e. The van der Waals surface area contributed by atoms with E-state index in [9.17, 15) is 4.79 Å². The van der Waals surface area contributed by atoms with Crippen molar-refractivity contribution in [1.82, 2.24) is 5.32 Å². The van der Waals surface area contributed by atoms with Crippen molar-refractivity contribution >= 4 is 17.4 Å². The van der Waals surface area contributed by atoms with Crippen molar-refractivity contribution in [2.24, 2.45) is 0 Å². The lowest BCUT2D eigenvalue weighted by Gasteiger charge is -2.33. The molecule has 0 aliphatic carbocycles. The van der Waals surface area contributed by atoms with E-state index < -0.39 is 0 Å². The summed E-state index contributed by atoms with van der Waals surface area (Å²) in [6, 6.07) is 16.7. The highest BCUT2D eigenvalue weighted by Gasteiger charge is 2.29. The Morgan fingerprint density at radius 1 is 1.00 bits per heavy atom. The van der Waals surface area contributed by atoms with Gasteiger partial charge in [-0.2, -0.15) is 0 Å². The van der Waals surface area contributed by atoms with Gasteiger partial charge in [0.2, 0.25) is 0 Å². The standard InChI is InChI=1S/C23H33N5O/c1-18-5-9-20(10-6-18)25-23(29)24-17-22(28-15-13-27(4)14-16-28)19-7-11-21(12-8-19)26(2)3/h5-12,22H,13-17H2,1-4H3,(H2,24,25,29)/p+2/t22-/m0/s1.